The summed E-state index contributed by atoms with van der Waals surface area (Å²) in [5, 5.41) is 3.95. The van der Waals surface area contributed by atoms with Crippen molar-refractivity contribution in [1.29, 1.82) is 0 Å². The van der Waals surface area contributed by atoms with Crippen molar-refractivity contribution in [2.75, 3.05) is 32.7 Å². The molecule has 0 aliphatic rings. The number of nitrogens with two attached hydrogens (primary N) is 1. The van der Waals surface area contributed by atoms with Gasteiger partial charge < -0.3 is 15.2 Å². The summed E-state index contributed by atoms with van der Waals surface area (Å²) in [6.07, 6.45) is 2.51. The Morgan fingerprint density at radius 3 is 2.93 bits per heavy atom. The van der Waals surface area contributed by atoms with Crippen molar-refractivity contribution < 1.29 is 9.47 Å². The lowest BCUT2D eigenvalue weighted by atomic mass is 10.4. The van der Waals surface area contributed by atoms with Gasteiger partial charge in [0.15, 0.2) is 0 Å². The quantitative estimate of drug-likeness (QED) is 0.623. The van der Waals surface area contributed by atoms with Gasteiger partial charge in [-0.05, 0) is 6.42 Å². The number of rotatable bonds is 7. The van der Waals surface area contributed by atoms with Crippen molar-refractivity contribution in [2.24, 2.45) is 0 Å². The number of anilines is 1. The lowest BCUT2D eigenvalue weighted by Gasteiger charge is -2.02. The molecule has 6 heteroatoms. The van der Waals surface area contributed by atoms with E-state index in [2.05, 4.69) is 10.1 Å². The van der Waals surface area contributed by atoms with Gasteiger partial charge in [0.2, 0.25) is 5.95 Å². The highest BCUT2D eigenvalue weighted by Gasteiger charge is 1.95. The molecule has 0 aromatic carbocycles. The van der Waals surface area contributed by atoms with Crippen molar-refractivity contribution in [3.63, 3.8) is 0 Å². The predicted molar refractivity (Wildman–Crippen MR) is 51.7 cm³/mol. The normalized spacial score (nSPS) is 10.6. The Hall–Kier alpha value is -1.14. The molecular weight excluding hydrogens is 184 g/mol. The number of hydrogen-bond acceptors (Lipinski definition) is 5. The summed E-state index contributed by atoms with van der Waals surface area (Å²) in [5.41, 5.74) is 5.36. The summed E-state index contributed by atoms with van der Waals surface area (Å²) in [5.74, 6) is 0.310. The smallest absolute Gasteiger partial charge is 0.239 e. The summed E-state index contributed by atoms with van der Waals surface area (Å²) in [7, 11) is 1.65. The van der Waals surface area contributed by atoms with Gasteiger partial charge in [-0.1, -0.05) is 0 Å². The van der Waals surface area contributed by atoms with E-state index in [1.807, 2.05) is 0 Å². The van der Waals surface area contributed by atoms with Gasteiger partial charge in [-0.3, -0.25) is 4.68 Å². The average molecular weight is 200 g/mol. The monoisotopic (exact) mass is 200 g/mol. The number of nitrogen functional groups attached to an aromatic ring is 1. The number of ether oxygens (including phenoxy) is 2. The van der Waals surface area contributed by atoms with Gasteiger partial charge in [0.25, 0.3) is 0 Å². The maximum absolute atomic E-state index is 5.36. The molecule has 1 aromatic heterocycles. The molecule has 0 saturated heterocycles. The fourth-order valence-corrected chi connectivity index (χ4v) is 0.990. The molecule has 1 heterocycles. The lowest BCUT2D eigenvalue weighted by molar-refractivity contribution is 0.0677. The molecule has 0 aliphatic heterocycles. The van der Waals surface area contributed by atoms with Crippen molar-refractivity contribution in [1.82, 2.24) is 14.8 Å². The molecular formula is C8H16N4O2. The molecule has 0 spiro atoms. The summed E-state index contributed by atoms with van der Waals surface area (Å²) in [6.45, 7) is 2.74. The molecule has 2 N–H and O–H groups in total. The van der Waals surface area contributed by atoms with E-state index in [1.54, 1.807) is 18.1 Å². The molecule has 80 valence electrons. The van der Waals surface area contributed by atoms with Gasteiger partial charge in [0.05, 0.1) is 13.2 Å². The highest BCUT2D eigenvalue weighted by Crippen LogP contribution is 1.92. The van der Waals surface area contributed by atoms with Gasteiger partial charge in [-0.2, -0.15) is 0 Å². The molecule has 1 aromatic rings. The summed E-state index contributed by atoms with van der Waals surface area (Å²) in [6, 6.07) is 0. The number of aryl methyl sites for hydroxylation is 1. The molecule has 0 radical (unpaired) electrons. The zero-order valence-corrected chi connectivity index (χ0v) is 8.35. The molecule has 14 heavy (non-hydrogen) atoms. The Morgan fingerprint density at radius 1 is 1.43 bits per heavy atom. The average Bonchev–Trinajstić information content (AvgIpc) is 2.58. The molecule has 0 amide bonds. The Morgan fingerprint density at radius 2 is 2.29 bits per heavy atom. The van der Waals surface area contributed by atoms with E-state index in [1.165, 1.54) is 0 Å². The van der Waals surface area contributed by atoms with Crippen molar-refractivity contribution in [3.05, 3.63) is 6.33 Å². The third kappa shape index (κ3) is 4.20. The van der Waals surface area contributed by atoms with Crippen molar-refractivity contribution in [3.8, 4) is 0 Å². The van der Waals surface area contributed by atoms with Crippen LogP contribution >= 0.6 is 0 Å². The van der Waals surface area contributed by atoms with Crippen LogP contribution in [0.2, 0.25) is 0 Å². The zero-order valence-electron chi connectivity index (χ0n) is 8.35. The summed E-state index contributed by atoms with van der Waals surface area (Å²) >= 11 is 0. The van der Waals surface area contributed by atoms with E-state index in [0.29, 0.717) is 25.8 Å². The first kappa shape index (κ1) is 10.9. The van der Waals surface area contributed by atoms with Crippen LogP contribution in [0.5, 0.6) is 0 Å². The molecule has 0 bridgehead atoms. The highest BCUT2D eigenvalue weighted by molar-refractivity contribution is 5.08. The van der Waals surface area contributed by atoms with Crippen LogP contribution in [0.3, 0.4) is 0 Å². The molecule has 0 unspecified atom stereocenters. The number of methoxy groups -OCH3 is 1. The first-order valence-corrected chi connectivity index (χ1v) is 4.54. The number of nitrogens with zero attached hydrogens (tertiary/aromatic N) is 3. The van der Waals surface area contributed by atoms with Gasteiger partial charge >= 0.3 is 0 Å². The van der Waals surface area contributed by atoms with E-state index >= 15 is 0 Å². The summed E-state index contributed by atoms with van der Waals surface area (Å²) < 4.78 is 11.8. The van der Waals surface area contributed by atoms with E-state index in [0.717, 1.165) is 13.0 Å². The Labute approximate surface area is 83.0 Å². The first-order valence-electron chi connectivity index (χ1n) is 4.54. The third-order valence-corrected chi connectivity index (χ3v) is 1.66. The van der Waals surface area contributed by atoms with Gasteiger partial charge in [-0.15, -0.1) is 5.10 Å². The van der Waals surface area contributed by atoms with Crippen LogP contribution in [-0.2, 0) is 16.0 Å². The molecule has 0 atom stereocenters. The van der Waals surface area contributed by atoms with Crippen molar-refractivity contribution in [2.45, 2.75) is 13.0 Å². The van der Waals surface area contributed by atoms with Gasteiger partial charge in [0, 0.05) is 20.3 Å². The Kier molecular flexibility index (Phi) is 4.95. The van der Waals surface area contributed by atoms with Crippen molar-refractivity contribution >= 4 is 5.95 Å². The highest BCUT2D eigenvalue weighted by atomic mass is 16.5. The SMILES string of the molecule is COCCOCCCn1cnc(N)n1. The largest absolute Gasteiger partial charge is 0.382 e. The molecule has 0 aliphatic carbocycles. The Balaban J connectivity index is 1.99. The van der Waals surface area contributed by atoms with E-state index in [4.69, 9.17) is 15.2 Å². The maximum Gasteiger partial charge on any atom is 0.239 e. The van der Waals surface area contributed by atoms with E-state index < -0.39 is 0 Å². The maximum atomic E-state index is 5.36. The second-order valence-electron chi connectivity index (χ2n) is 2.82. The van der Waals surface area contributed by atoms with Crippen LogP contribution < -0.4 is 5.73 Å². The fraction of sp³-hybridized carbons (Fsp3) is 0.750. The van der Waals surface area contributed by atoms with Crippen LogP contribution in [0.1, 0.15) is 6.42 Å². The minimum atomic E-state index is 0.310. The first-order chi connectivity index (χ1) is 6.83. The third-order valence-electron chi connectivity index (χ3n) is 1.66. The second kappa shape index (κ2) is 6.33. The zero-order chi connectivity index (χ0) is 10.2. The van der Waals surface area contributed by atoms with E-state index in [-0.39, 0.29) is 0 Å². The topological polar surface area (TPSA) is 75.2 Å². The molecule has 0 fully saturated rings. The van der Waals surface area contributed by atoms with E-state index in [9.17, 15) is 0 Å². The van der Waals surface area contributed by atoms with Crippen LogP contribution in [0.15, 0.2) is 6.33 Å². The molecule has 6 nitrogen and oxygen atoms in total. The minimum Gasteiger partial charge on any atom is -0.382 e. The van der Waals surface area contributed by atoms with Gasteiger partial charge in [-0.25, -0.2) is 4.98 Å². The molecule has 1 rings (SSSR count). The number of aromatic nitrogens is 3. The standard InChI is InChI=1S/C8H16N4O2/c1-13-5-6-14-4-2-3-12-7-10-8(9)11-12/h7H,2-6H2,1H3,(H2,9,11). The predicted octanol–water partition coefficient (Wildman–Crippen LogP) is -0.0866. The molecule has 0 saturated carbocycles. The van der Waals surface area contributed by atoms with Crippen LogP contribution in [0.25, 0.3) is 0 Å². The van der Waals surface area contributed by atoms with Crippen LogP contribution in [0, 0.1) is 0 Å². The minimum absolute atomic E-state index is 0.310. The summed E-state index contributed by atoms with van der Waals surface area (Å²) in [4.78, 5) is 3.81. The second-order valence-corrected chi connectivity index (χ2v) is 2.82. The van der Waals surface area contributed by atoms with Gasteiger partial charge in [0.1, 0.15) is 6.33 Å². The fourth-order valence-electron chi connectivity index (χ4n) is 0.990. The van der Waals surface area contributed by atoms with Crippen LogP contribution in [0.4, 0.5) is 5.95 Å². The lowest BCUT2D eigenvalue weighted by Crippen LogP contribution is -2.06. The number of hydrogen-bond donors (Lipinski definition) is 1. The Bertz CT molecular complexity index is 251. The van der Waals surface area contributed by atoms with Crippen LogP contribution in [-0.4, -0.2) is 41.7 Å².